The molecule has 6 nitrogen and oxygen atoms in total. The molecule has 6 heteroatoms. The number of rotatable bonds is 3. The first-order chi connectivity index (χ1) is 8.58. The summed E-state index contributed by atoms with van der Waals surface area (Å²) in [6.07, 6.45) is 0. The largest absolute Gasteiger partial charge is 0.384 e. The van der Waals surface area contributed by atoms with Crippen molar-refractivity contribution in [1.82, 2.24) is 5.16 Å². The smallest absolute Gasteiger partial charge is 0.336 e. The van der Waals surface area contributed by atoms with Crippen LogP contribution < -0.4 is 5.63 Å². The molecule has 0 spiro atoms. The van der Waals surface area contributed by atoms with Crippen LogP contribution in [0.3, 0.4) is 0 Å². The number of aromatic amines is 1. The zero-order valence-electron chi connectivity index (χ0n) is 9.93. The minimum atomic E-state index is -0.570. The molecular weight excluding hydrogens is 234 g/mol. The number of hydrogen-bond acceptors (Lipinski definition) is 5. The zero-order valence-corrected chi connectivity index (χ0v) is 9.93. The Hall–Kier alpha value is -2.50. The van der Waals surface area contributed by atoms with Crippen molar-refractivity contribution in [3.8, 4) is 0 Å². The van der Waals surface area contributed by atoms with Crippen LogP contribution >= 0.6 is 0 Å². The van der Waals surface area contributed by atoms with E-state index in [1.807, 2.05) is 0 Å². The molecule has 0 atom stereocenters. The number of benzene rings is 1. The van der Waals surface area contributed by atoms with Gasteiger partial charge in [0, 0.05) is 5.56 Å². The van der Waals surface area contributed by atoms with Crippen LogP contribution in [0.15, 0.2) is 43.8 Å². The first kappa shape index (κ1) is 12.0. The SMILES string of the molecule is CC(=O)c1cccc(N=Nc2c(C)[nH]oc2=O)c1. The Kier molecular flexibility index (Phi) is 3.18. The average molecular weight is 245 g/mol. The molecular formula is C12H11N3O3. The normalized spacial score (nSPS) is 11.0. The molecule has 1 N–H and O–H groups in total. The van der Waals surface area contributed by atoms with Crippen LogP contribution in [0.2, 0.25) is 0 Å². The number of carbonyl (C=O) groups is 1. The highest BCUT2D eigenvalue weighted by Crippen LogP contribution is 2.18. The van der Waals surface area contributed by atoms with E-state index < -0.39 is 5.63 Å². The molecule has 0 fully saturated rings. The molecule has 1 aromatic carbocycles. The molecule has 1 aromatic heterocycles. The second kappa shape index (κ2) is 4.79. The van der Waals surface area contributed by atoms with E-state index in [9.17, 15) is 9.59 Å². The van der Waals surface area contributed by atoms with E-state index in [2.05, 4.69) is 19.9 Å². The summed E-state index contributed by atoms with van der Waals surface area (Å²) in [6, 6.07) is 6.70. The van der Waals surface area contributed by atoms with Crippen molar-refractivity contribution in [3.05, 3.63) is 45.9 Å². The molecule has 0 bridgehead atoms. The third kappa shape index (κ3) is 2.42. The van der Waals surface area contributed by atoms with Crippen LogP contribution in [0.25, 0.3) is 0 Å². The van der Waals surface area contributed by atoms with Crippen molar-refractivity contribution in [2.75, 3.05) is 0 Å². The Bertz CT molecular complexity index is 667. The maximum absolute atomic E-state index is 11.2. The number of ketones is 1. The molecule has 92 valence electrons. The lowest BCUT2D eigenvalue weighted by Crippen LogP contribution is -1.90. The Morgan fingerprint density at radius 3 is 2.72 bits per heavy atom. The summed E-state index contributed by atoms with van der Waals surface area (Å²) in [7, 11) is 0. The van der Waals surface area contributed by atoms with Crippen LogP contribution in [0.5, 0.6) is 0 Å². The number of nitrogens with one attached hydrogen (secondary N) is 1. The fourth-order valence-electron chi connectivity index (χ4n) is 1.38. The lowest BCUT2D eigenvalue weighted by atomic mass is 10.1. The number of aryl methyl sites for hydroxylation is 1. The second-order valence-corrected chi connectivity index (χ2v) is 3.77. The van der Waals surface area contributed by atoms with Gasteiger partial charge in [0.15, 0.2) is 11.5 Å². The van der Waals surface area contributed by atoms with Gasteiger partial charge in [-0.15, -0.1) is 5.11 Å². The summed E-state index contributed by atoms with van der Waals surface area (Å²) in [6.45, 7) is 3.13. The van der Waals surface area contributed by atoms with Crippen LogP contribution in [-0.4, -0.2) is 10.9 Å². The number of hydrogen-bond donors (Lipinski definition) is 1. The molecule has 0 radical (unpaired) electrons. The number of nitrogens with zero attached hydrogens (tertiary/aromatic N) is 2. The van der Waals surface area contributed by atoms with Gasteiger partial charge in [0.05, 0.1) is 11.4 Å². The van der Waals surface area contributed by atoms with E-state index in [0.29, 0.717) is 16.9 Å². The summed E-state index contributed by atoms with van der Waals surface area (Å²) >= 11 is 0. The van der Waals surface area contributed by atoms with E-state index in [1.165, 1.54) is 6.92 Å². The van der Waals surface area contributed by atoms with E-state index in [0.717, 1.165) is 0 Å². The van der Waals surface area contributed by atoms with Gasteiger partial charge in [-0.2, -0.15) is 5.11 Å². The first-order valence-electron chi connectivity index (χ1n) is 5.29. The topological polar surface area (TPSA) is 87.8 Å². The van der Waals surface area contributed by atoms with Gasteiger partial charge in [-0.25, -0.2) is 9.95 Å². The average Bonchev–Trinajstić information content (AvgIpc) is 2.67. The number of Topliss-reactive ketones (excluding diaryl/α,β-unsaturated/α-hetero) is 1. The zero-order chi connectivity index (χ0) is 13.1. The van der Waals surface area contributed by atoms with E-state index >= 15 is 0 Å². The highest BCUT2D eigenvalue weighted by atomic mass is 16.5. The van der Waals surface area contributed by atoms with Gasteiger partial charge in [-0.05, 0) is 26.0 Å². The lowest BCUT2D eigenvalue weighted by Gasteiger charge is -1.95. The highest BCUT2D eigenvalue weighted by molar-refractivity contribution is 5.94. The van der Waals surface area contributed by atoms with Gasteiger partial charge < -0.3 is 4.52 Å². The second-order valence-electron chi connectivity index (χ2n) is 3.77. The van der Waals surface area contributed by atoms with Gasteiger partial charge in [0.2, 0.25) is 0 Å². The molecule has 0 aliphatic heterocycles. The van der Waals surface area contributed by atoms with Gasteiger partial charge >= 0.3 is 5.63 Å². The minimum Gasteiger partial charge on any atom is -0.336 e. The van der Waals surface area contributed by atoms with Crippen LogP contribution in [0.1, 0.15) is 23.0 Å². The third-order valence-corrected chi connectivity index (χ3v) is 2.36. The van der Waals surface area contributed by atoms with Gasteiger partial charge in [0.25, 0.3) is 0 Å². The first-order valence-corrected chi connectivity index (χ1v) is 5.29. The van der Waals surface area contributed by atoms with Crippen molar-refractivity contribution in [3.63, 3.8) is 0 Å². The molecule has 0 aliphatic carbocycles. The van der Waals surface area contributed by atoms with Crippen LogP contribution in [0, 0.1) is 6.92 Å². The van der Waals surface area contributed by atoms with Gasteiger partial charge in [-0.1, -0.05) is 12.1 Å². The Balaban J connectivity index is 2.32. The Labute approximate surface area is 102 Å². The number of aromatic nitrogens is 1. The minimum absolute atomic E-state index is 0.0515. The number of carbonyl (C=O) groups excluding carboxylic acids is 1. The third-order valence-electron chi connectivity index (χ3n) is 2.36. The maximum atomic E-state index is 11.2. The maximum Gasteiger partial charge on any atom is 0.384 e. The monoisotopic (exact) mass is 245 g/mol. The molecule has 0 saturated heterocycles. The quantitative estimate of drug-likeness (QED) is 0.666. The molecule has 1 heterocycles. The Morgan fingerprint density at radius 1 is 1.33 bits per heavy atom. The summed E-state index contributed by atoms with van der Waals surface area (Å²) in [5.41, 5.74) is 1.11. The van der Waals surface area contributed by atoms with E-state index in [-0.39, 0.29) is 11.5 Å². The van der Waals surface area contributed by atoms with Gasteiger partial charge in [0.1, 0.15) is 0 Å². The van der Waals surface area contributed by atoms with Crippen molar-refractivity contribution in [2.45, 2.75) is 13.8 Å². The van der Waals surface area contributed by atoms with Crippen molar-refractivity contribution >= 4 is 17.2 Å². The summed E-state index contributed by atoms with van der Waals surface area (Å²) < 4.78 is 4.56. The van der Waals surface area contributed by atoms with E-state index in [1.54, 1.807) is 31.2 Å². The van der Waals surface area contributed by atoms with Crippen LogP contribution in [0.4, 0.5) is 11.4 Å². The predicted octanol–water partition coefficient (Wildman–Crippen LogP) is 2.89. The lowest BCUT2D eigenvalue weighted by molar-refractivity contribution is 0.101. The molecule has 18 heavy (non-hydrogen) atoms. The molecule has 0 aliphatic rings. The predicted molar refractivity (Wildman–Crippen MR) is 64.7 cm³/mol. The molecule has 0 saturated carbocycles. The van der Waals surface area contributed by atoms with Crippen LogP contribution in [-0.2, 0) is 0 Å². The standard InChI is InChI=1S/C12H11N3O3/c1-7-11(12(17)18-15-7)14-13-10-5-3-4-9(6-10)8(2)16/h3-6,15H,1-2H3. The molecule has 0 amide bonds. The fraction of sp³-hybridized carbons (Fsp3) is 0.167. The summed E-state index contributed by atoms with van der Waals surface area (Å²) in [5, 5.41) is 10.1. The summed E-state index contributed by atoms with van der Waals surface area (Å²) in [4.78, 5) is 22.4. The Morgan fingerprint density at radius 2 is 2.11 bits per heavy atom. The fourth-order valence-corrected chi connectivity index (χ4v) is 1.38. The number of H-pyrrole nitrogens is 1. The van der Waals surface area contributed by atoms with Crippen molar-refractivity contribution in [2.24, 2.45) is 10.2 Å². The molecule has 2 rings (SSSR count). The number of azo groups is 1. The molecule has 0 unspecified atom stereocenters. The highest BCUT2D eigenvalue weighted by Gasteiger charge is 2.06. The van der Waals surface area contributed by atoms with Gasteiger partial charge in [-0.3, -0.25) is 4.79 Å². The van der Waals surface area contributed by atoms with E-state index in [4.69, 9.17) is 0 Å². The molecule has 2 aromatic rings. The van der Waals surface area contributed by atoms with Crippen molar-refractivity contribution < 1.29 is 9.32 Å². The summed E-state index contributed by atoms with van der Waals surface area (Å²) in [5.74, 6) is -0.0515. The van der Waals surface area contributed by atoms with Crippen molar-refractivity contribution in [1.29, 1.82) is 0 Å².